The van der Waals surface area contributed by atoms with E-state index in [0.717, 1.165) is 12.8 Å². The van der Waals surface area contributed by atoms with Crippen LogP contribution in [0, 0.1) is 5.92 Å². The molecule has 0 aliphatic heterocycles. The molecule has 0 aromatic rings. The van der Waals surface area contributed by atoms with E-state index in [9.17, 15) is 4.79 Å². The second-order valence-corrected chi connectivity index (χ2v) is 1.96. The van der Waals surface area contributed by atoms with Gasteiger partial charge >= 0.3 is 0 Å². The predicted molar refractivity (Wildman–Crippen MR) is 24.8 cm³/mol. The van der Waals surface area contributed by atoms with Gasteiger partial charge in [0.15, 0.2) is 0 Å². The Morgan fingerprint density at radius 3 is 2.43 bits per heavy atom. The Bertz CT molecular complexity index is 76.1. The number of hydrogen-bond acceptors (Lipinski definition) is 2. The van der Waals surface area contributed by atoms with Crippen LogP contribution in [0.3, 0.4) is 0 Å². The Kier molecular flexibility index (Phi) is 1.11. The highest BCUT2D eigenvalue weighted by Crippen LogP contribution is 2.31. The molecule has 0 amide bonds. The molecular weight excluding hydrogens is 92.1 g/mol. The van der Waals surface area contributed by atoms with Crippen molar-refractivity contribution in [1.29, 1.82) is 0 Å². The molecule has 7 heavy (non-hydrogen) atoms. The van der Waals surface area contributed by atoms with Crippen LogP contribution < -0.4 is 0 Å². The molecule has 2 heteroatoms. The Morgan fingerprint density at radius 1 is 1.71 bits per heavy atom. The molecule has 1 saturated carbocycles. The van der Waals surface area contributed by atoms with Crippen LogP contribution in [-0.2, 0) is 4.79 Å². The van der Waals surface area contributed by atoms with Crippen LogP contribution in [0.1, 0.15) is 12.8 Å². The van der Waals surface area contributed by atoms with Gasteiger partial charge in [-0.25, -0.2) is 0 Å². The molecule has 1 N–H and O–H groups in total. The zero-order valence-corrected chi connectivity index (χ0v) is 4.00. The van der Waals surface area contributed by atoms with Gasteiger partial charge in [-0.05, 0) is 18.8 Å². The summed E-state index contributed by atoms with van der Waals surface area (Å²) in [7, 11) is 0. The van der Waals surface area contributed by atoms with E-state index in [0.29, 0.717) is 12.2 Å². The average molecular weight is 100 g/mol. The van der Waals surface area contributed by atoms with E-state index in [1.54, 1.807) is 0 Å². The normalized spacial score (nSPS) is 24.1. The van der Waals surface area contributed by atoms with Gasteiger partial charge in [0.05, 0.1) is 0 Å². The Hall–Kier alpha value is -0.370. The van der Waals surface area contributed by atoms with Crippen LogP contribution >= 0.6 is 0 Å². The molecule has 1 atom stereocenters. The standard InChI is InChI=1S/C5H8O2/c6-3-5(7)4-1-2-4/h3-5,7H,1-2H2. The minimum absolute atomic E-state index is 0.303. The molecule has 0 aromatic carbocycles. The lowest BCUT2D eigenvalue weighted by Gasteiger charge is -1.92. The van der Waals surface area contributed by atoms with Crippen molar-refractivity contribution in [2.75, 3.05) is 0 Å². The topological polar surface area (TPSA) is 37.3 Å². The summed E-state index contributed by atoms with van der Waals surface area (Å²) in [5.41, 5.74) is 0. The Morgan fingerprint density at radius 2 is 2.29 bits per heavy atom. The van der Waals surface area contributed by atoms with E-state index in [1.165, 1.54) is 0 Å². The van der Waals surface area contributed by atoms with Crippen LogP contribution in [0.2, 0.25) is 0 Å². The van der Waals surface area contributed by atoms with Crippen LogP contribution in [0.25, 0.3) is 0 Å². The van der Waals surface area contributed by atoms with Gasteiger partial charge in [0.2, 0.25) is 0 Å². The second kappa shape index (κ2) is 1.62. The number of aliphatic hydroxyl groups is 1. The fourth-order valence-electron chi connectivity index (χ4n) is 0.549. The van der Waals surface area contributed by atoms with E-state index >= 15 is 0 Å². The summed E-state index contributed by atoms with van der Waals surface area (Å²) in [5.74, 6) is 0.303. The van der Waals surface area contributed by atoms with Crippen LogP contribution in [0.5, 0.6) is 0 Å². The number of rotatable bonds is 2. The monoisotopic (exact) mass is 100 g/mol. The highest BCUT2D eigenvalue weighted by molar-refractivity contribution is 5.56. The molecule has 40 valence electrons. The zero-order chi connectivity index (χ0) is 5.28. The Balaban J connectivity index is 2.22. The van der Waals surface area contributed by atoms with E-state index < -0.39 is 6.10 Å². The lowest BCUT2D eigenvalue weighted by Crippen LogP contribution is -2.09. The fourth-order valence-corrected chi connectivity index (χ4v) is 0.549. The molecule has 0 aromatic heterocycles. The summed E-state index contributed by atoms with van der Waals surface area (Å²) in [6.45, 7) is 0. The van der Waals surface area contributed by atoms with E-state index in [-0.39, 0.29) is 0 Å². The highest BCUT2D eigenvalue weighted by Gasteiger charge is 2.28. The molecule has 1 fully saturated rings. The van der Waals surface area contributed by atoms with Gasteiger partial charge < -0.3 is 9.90 Å². The molecule has 0 heterocycles. The van der Waals surface area contributed by atoms with Gasteiger partial charge in [0, 0.05) is 0 Å². The van der Waals surface area contributed by atoms with Crippen LogP contribution in [0.4, 0.5) is 0 Å². The van der Waals surface area contributed by atoms with Crippen molar-refractivity contribution < 1.29 is 9.90 Å². The Labute approximate surface area is 42.1 Å². The maximum Gasteiger partial charge on any atom is 0.148 e. The highest BCUT2D eigenvalue weighted by atomic mass is 16.3. The van der Waals surface area contributed by atoms with Crippen molar-refractivity contribution >= 4 is 6.29 Å². The smallest absolute Gasteiger partial charge is 0.148 e. The summed E-state index contributed by atoms with van der Waals surface area (Å²) >= 11 is 0. The maximum atomic E-state index is 9.74. The van der Waals surface area contributed by atoms with Gasteiger partial charge in [0.25, 0.3) is 0 Å². The minimum Gasteiger partial charge on any atom is -0.385 e. The van der Waals surface area contributed by atoms with Crippen LogP contribution in [0.15, 0.2) is 0 Å². The van der Waals surface area contributed by atoms with Gasteiger partial charge in [-0.1, -0.05) is 0 Å². The third-order valence-electron chi connectivity index (χ3n) is 1.24. The maximum absolute atomic E-state index is 9.74. The molecule has 1 unspecified atom stereocenters. The van der Waals surface area contributed by atoms with Crippen molar-refractivity contribution in [1.82, 2.24) is 0 Å². The number of hydrogen-bond donors (Lipinski definition) is 1. The molecule has 0 radical (unpaired) electrons. The van der Waals surface area contributed by atoms with Crippen LogP contribution in [-0.4, -0.2) is 17.5 Å². The van der Waals surface area contributed by atoms with Crippen molar-refractivity contribution in [3.8, 4) is 0 Å². The van der Waals surface area contributed by atoms with E-state index in [1.807, 2.05) is 0 Å². The fraction of sp³-hybridized carbons (Fsp3) is 0.800. The number of carbonyl (C=O) groups is 1. The molecule has 0 saturated heterocycles. The van der Waals surface area contributed by atoms with E-state index in [2.05, 4.69) is 0 Å². The van der Waals surface area contributed by atoms with Crippen molar-refractivity contribution in [3.05, 3.63) is 0 Å². The first kappa shape index (κ1) is 4.78. The van der Waals surface area contributed by atoms with Gasteiger partial charge in [0.1, 0.15) is 12.4 Å². The summed E-state index contributed by atoms with van der Waals surface area (Å²) < 4.78 is 0. The molecule has 2 nitrogen and oxygen atoms in total. The van der Waals surface area contributed by atoms with E-state index in [4.69, 9.17) is 5.11 Å². The lowest BCUT2D eigenvalue weighted by molar-refractivity contribution is -0.115. The molecule has 0 spiro atoms. The summed E-state index contributed by atoms with van der Waals surface area (Å²) in [6.07, 6.45) is 2.00. The number of aliphatic hydroxyl groups excluding tert-OH is 1. The first-order valence-corrected chi connectivity index (χ1v) is 2.48. The first-order valence-electron chi connectivity index (χ1n) is 2.48. The second-order valence-electron chi connectivity index (χ2n) is 1.96. The van der Waals surface area contributed by atoms with Crippen molar-refractivity contribution in [3.63, 3.8) is 0 Å². The molecule has 0 bridgehead atoms. The third-order valence-corrected chi connectivity index (χ3v) is 1.24. The quantitative estimate of drug-likeness (QED) is 0.494. The summed E-state index contributed by atoms with van der Waals surface area (Å²) in [4.78, 5) is 9.74. The molecule has 1 aliphatic rings. The van der Waals surface area contributed by atoms with Gasteiger partial charge in [-0.15, -0.1) is 0 Å². The molecule has 1 aliphatic carbocycles. The predicted octanol–water partition coefficient (Wildman–Crippen LogP) is -0.0438. The van der Waals surface area contributed by atoms with Gasteiger partial charge in [-0.3, -0.25) is 0 Å². The average Bonchev–Trinajstić information content (AvgIpc) is 2.44. The van der Waals surface area contributed by atoms with Crippen molar-refractivity contribution in [2.45, 2.75) is 18.9 Å². The molecule has 1 rings (SSSR count). The zero-order valence-electron chi connectivity index (χ0n) is 4.00. The van der Waals surface area contributed by atoms with Gasteiger partial charge in [-0.2, -0.15) is 0 Å². The molecular formula is C5H8O2. The lowest BCUT2D eigenvalue weighted by atomic mass is 10.3. The summed E-state index contributed by atoms with van der Waals surface area (Å²) in [6, 6.07) is 0. The minimum atomic E-state index is -0.667. The number of carbonyl (C=O) groups excluding carboxylic acids is 1. The largest absolute Gasteiger partial charge is 0.385 e. The first-order chi connectivity index (χ1) is 3.34. The van der Waals surface area contributed by atoms with Crippen molar-refractivity contribution in [2.24, 2.45) is 5.92 Å². The SMILES string of the molecule is O=CC(O)C1CC1. The summed E-state index contributed by atoms with van der Waals surface area (Å²) in [5, 5.41) is 8.63. The number of aldehydes is 1. The third kappa shape index (κ3) is 0.996.